The number of rotatable bonds is 2. The van der Waals surface area contributed by atoms with E-state index in [4.69, 9.17) is 11.6 Å². The number of hydrogen-bond donors (Lipinski definition) is 1. The van der Waals surface area contributed by atoms with E-state index >= 15 is 0 Å². The van der Waals surface area contributed by atoms with Gasteiger partial charge in [-0.05, 0) is 56.2 Å². The fourth-order valence-corrected chi connectivity index (χ4v) is 4.06. The fraction of sp³-hybridized carbons (Fsp3) is 0.444. The van der Waals surface area contributed by atoms with Crippen molar-refractivity contribution in [3.8, 4) is 0 Å². The summed E-state index contributed by atoms with van der Waals surface area (Å²) < 4.78 is 0. The van der Waals surface area contributed by atoms with E-state index in [1.807, 2.05) is 23.1 Å². The number of fused-ring (bicyclic) bond motifs is 1. The molecule has 2 aliphatic rings. The van der Waals surface area contributed by atoms with Crippen LogP contribution in [-0.4, -0.2) is 27.5 Å². The first-order valence-electron chi connectivity index (χ1n) is 8.36. The maximum Gasteiger partial charge on any atom is 0.275 e. The lowest BCUT2D eigenvalue weighted by molar-refractivity contribution is 0.0728. The van der Waals surface area contributed by atoms with Gasteiger partial charge in [0.05, 0.1) is 6.04 Å². The van der Waals surface area contributed by atoms with Crippen LogP contribution < -0.4 is 0 Å². The smallest absolute Gasteiger partial charge is 0.275 e. The average molecular weight is 330 g/mol. The predicted molar refractivity (Wildman–Crippen MR) is 89.7 cm³/mol. The Kier molecular flexibility index (Phi) is 3.85. The molecule has 1 aromatic carbocycles. The molecule has 4 rings (SSSR count). The van der Waals surface area contributed by atoms with Crippen molar-refractivity contribution in [3.63, 3.8) is 0 Å². The van der Waals surface area contributed by atoms with Crippen LogP contribution >= 0.6 is 11.6 Å². The summed E-state index contributed by atoms with van der Waals surface area (Å²) in [4.78, 5) is 15.0. The largest absolute Gasteiger partial charge is 0.330 e. The topological polar surface area (TPSA) is 49.0 Å². The number of carbonyl (C=O) groups is 1. The van der Waals surface area contributed by atoms with E-state index in [0.29, 0.717) is 5.69 Å². The lowest BCUT2D eigenvalue weighted by atomic mass is 9.95. The molecule has 1 aliphatic heterocycles. The maximum absolute atomic E-state index is 13.1. The number of halogens is 1. The molecule has 1 aromatic heterocycles. The highest BCUT2D eigenvalue weighted by Crippen LogP contribution is 2.35. The number of carbonyl (C=O) groups excluding carboxylic acids is 1. The van der Waals surface area contributed by atoms with Gasteiger partial charge in [0.15, 0.2) is 5.69 Å². The number of aromatic nitrogens is 2. The number of amides is 1. The van der Waals surface area contributed by atoms with Gasteiger partial charge in [-0.15, -0.1) is 0 Å². The summed E-state index contributed by atoms with van der Waals surface area (Å²) >= 11 is 6.12. The molecular weight excluding hydrogens is 310 g/mol. The first-order valence-corrected chi connectivity index (χ1v) is 8.74. The van der Waals surface area contributed by atoms with Gasteiger partial charge in [-0.2, -0.15) is 5.10 Å². The van der Waals surface area contributed by atoms with Crippen molar-refractivity contribution in [2.75, 3.05) is 6.54 Å². The second-order valence-electron chi connectivity index (χ2n) is 6.45. The van der Waals surface area contributed by atoms with Crippen LogP contribution in [0.2, 0.25) is 5.02 Å². The van der Waals surface area contributed by atoms with E-state index in [2.05, 4.69) is 16.3 Å². The van der Waals surface area contributed by atoms with E-state index in [-0.39, 0.29) is 11.9 Å². The highest BCUT2D eigenvalue weighted by Gasteiger charge is 2.33. The molecule has 4 nitrogen and oxygen atoms in total. The zero-order valence-electron chi connectivity index (χ0n) is 13.0. The van der Waals surface area contributed by atoms with Crippen molar-refractivity contribution in [1.29, 1.82) is 0 Å². The van der Waals surface area contributed by atoms with Gasteiger partial charge in [0.2, 0.25) is 0 Å². The summed E-state index contributed by atoms with van der Waals surface area (Å²) in [6, 6.07) is 7.96. The van der Waals surface area contributed by atoms with Gasteiger partial charge in [-0.1, -0.05) is 23.7 Å². The van der Waals surface area contributed by atoms with Crippen LogP contribution in [0.5, 0.6) is 0 Å². The van der Waals surface area contributed by atoms with Crippen LogP contribution in [-0.2, 0) is 12.8 Å². The molecule has 0 radical (unpaired) electrons. The monoisotopic (exact) mass is 329 g/mol. The highest BCUT2D eigenvalue weighted by atomic mass is 35.5. The normalized spacial score (nSPS) is 20.6. The third-order valence-electron chi connectivity index (χ3n) is 5.01. The minimum atomic E-state index is 0.0619. The molecule has 2 heterocycles. The van der Waals surface area contributed by atoms with Gasteiger partial charge in [0.1, 0.15) is 0 Å². The first kappa shape index (κ1) is 14.8. The third-order valence-corrected chi connectivity index (χ3v) is 5.24. The molecule has 1 saturated heterocycles. The Morgan fingerprint density at radius 3 is 3.00 bits per heavy atom. The number of nitrogens with one attached hydrogen (secondary N) is 1. The number of nitrogens with zero attached hydrogens (tertiary/aromatic N) is 2. The second kappa shape index (κ2) is 6.00. The number of benzene rings is 1. The lowest BCUT2D eigenvalue weighted by Gasteiger charge is -2.25. The van der Waals surface area contributed by atoms with Crippen LogP contribution in [0.15, 0.2) is 24.3 Å². The Hall–Kier alpha value is -1.81. The molecule has 1 amide bonds. The van der Waals surface area contributed by atoms with Crippen LogP contribution in [0.4, 0.5) is 0 Å². The molecule has 1 fully saturated rings. The first-order chi connectivity index (χ1) is 11.2. The van der Waals surface area contributed by atoms with E-state index < -0.39 is 0 Å². The maximum atomic E-state index is 13.1. The molecule has 1 unspecified atom stereocenters. The summed E-state index contributed by atoms with van der Waals surface area (Å²) in [7, 11) is 0. The van der Waals surface area contributed by atoms with E-state index in [1.54, 1.807) is 0 Å². The highest BCUT2D eigenvalue weighted by molar-refractivity contribution is 6.30. The van der Waals surface area contributed by atoms with Crippen molar-refractivity contribution in [1.82, 2.24) is 15.1 Å². The van der Waals surface area contributed by atoms with Crippen LogP contribution in [0.25, 0.3) is 0 Å². The van der Waals surface area contributed by atoms with Gasteiger partial charge in [0.25, 0.3) is 5.91 Å². The van der Waals surface area contributed by atoms with E-state index in [0.717, 1.165) is 60.5 Å². The molecule has 23 heavy (non-hydrogen) atoms. The van der Waals surface area contributed by atoms with Crippen molar-refractivity contribution < 1.29 is 4.79 Å². The quantitative estimate of drug-likeness (QED) is 0.907. The van der Waals surface area contributed by atoms with Crippen molar-refractivity contribution in [3.05, 3.63) is 51.8 Å². The average Bonchev–Trinajstić information content (AvgIpc) is 3.21. The van der Waals surface area contributed by atoms with Crippen molar-refractivity contribution in [2.45, 2.75) is 44.6 Å². The van der Waals surface area contributed by atoms with Crippen molar-refractivity contribution >= 4 is 17.5 Å². The molecule has 0 bridgehead atoms. The zero-order valence-corrected chi connectivity index (χ0v) is 13.8. The van der Waals surface area contributed by atoms with E-state index in [9.17, 15) is 4.79 Å². The van der Waals surface area contributed by atoms with Gasteiger partial charge in [-0.25, -0.2) is 0 Å². The predicted octanol–water partition coefficient (Wildman–Crippen LogP) is 3.92. The fourth-order valence-electron chi connectivity index (χ4n) is 3.86. The summed E-state index contributed by atoms with van der Waals surface area (Å²) in [5, 5.41) is 8.14. The number of likely N-dealkylation sites (tertiary alicyclic amines) is 1. The minimum Gasteiger partial charge on any atom is -0.330 e. The summed E-state index contributed by atoms with van der Waals surface area (Å²) in [5.41, 5.74) is 4.04. The molecule has 1 atom stereocenters. The van der Waals surface area contributed by atoms with Crippen LogP contribution in [0.1, 0.15) is 59.0 Å². The number of aryl methyl sites for hydroxylation is 1. The third kappa shape index (κ3) is 2.65. The Morgan fingerprint density at radius 2 is 2.13 bits per heavy atom. The molecule has 1 N–H and O–H groups in total. The Bertz CT molecular complexity index is 740. The molecule has 2 aromatic rings. The number of hydrogen-bond acceptors (Lipinski definition) is 2. The number of aromatic amines is 1. The molecule has 0 saturated carbocycles. The molecular formula is C18H20ClN3O. The zero-order chi connectivity index (χ0) is 15.8. The van der Waals surface area contributed by atoms with Crippen molar-refractivity contribution in [2.24, 2.45) is 0 Å². The van der Waals surface area contributed by atoms with E-state index in [1.165, 1.54) is 6.42 Å². The number of H-pyrrole nitrogens is 1. The summed E-state index contributed by atoms with van der Waals surface area (Å²) in [6.45, 7) is 0.789. The molecule has 1 aliphatic carbocycles. The van der Waals surface area contributed by atoms with Gasteiger partial charge in [0, 0.05) is 22.8 Å². The molecule has 0 spiro atoms. The van der Waals surface area contributed by atoms with Gasteiger partial charge >= 0.3 is 0 Å². The Balaban J connectivity index is 1.64. The molecule has 5 heteroatoms. The minimum absolute atomic E-state index is 0.0619. The summed E-state index contributed by atoms with van der Waals surface area (Å²) in [6.07, 6.45) is 6.30. The van der Waals surface area contributed by atoms with Crippen LogP contribution in [0.3, 0.4) is 0 Å². The summed E-state index contributed by atoms with van der Waals surface area (Å²) in [5.74, 6) is 0.0619. The van der Waals surface area contributed by atoms with Gasteiger partial charge < -0.3 is 4.90 Å². The van der Waals surface area contributed by atoms with Gasteiger partial charge in [-0.3, -0.25) is 9.89 Å². The standard InChI is InChI=1S/C18H20ClN3O/c19-13-6-3-5-12(11-13)16-9-4-10-22(16)18(23)17-14-7-1-2-8-15(14)20-21-17/h3,5-6,11,16H,1-2,4,7-10H2,(H,20,21). The molecule has 120 valence electrons. The van der Waals surface area contributed by atoms with Crippen LogP contribution in [0, 0.1) is 0 Å². The Morgan fingerprint density at radius 1 is 1.26 bits per heavy atom. The Labute approximate surface area is 140 Å². The SMILES string of the molecule is O=C(c1n[nH]c2c1CCCC2)N1CCCC1c1cccc(Cl)c1. The lowest BCUT2D eigenvalue weighted by Crippen LogP contribution is -2.31. The second-order valence-corrected chi connectivity index (χ2v) is 6.88.